The number of pyridine rings is 1. The van der Waals surface area contributed by atoms with Gasteiger partial charge in [0.1, 0.15) is 4.34 Å². The first-order chi connectivity index (χ1) is 13.8. The normalized spacial score (nSPS) is 13.9. The Kier molecular flexibility index (Phi) is 6.84. The molecule has 2 aromatic rings. The lowest BCUT2D eigenvalue weighted by Gasteiger charge is -2.22. The van der Waals surface area contributed by atoms with E-state index in [0.717, 1.165) is 23.6 Å². The van der Waals surface area contributed by atoms with Crippen LogP contribution in [0.3, 0.4) is 0 Å². The summed E-state index contributed by atoms with van der Waals surface area (Å²) in [6.07, 6.45) is -1.88. The van der Waals surface area contributed by atoms with Gasteiger partial charge in [0.15, 0.2) is 5.82 Å². The van der Waals surface area contributed by atoms with Gasteiger partial charge in [-0.15, -0.1) is 11.3 Å². The van der Waals surface area contributed by atoms with Crippen molar-refractivity contribution in [1.29, 1.82) is 0 Å². The Bertz CT molecular complexity index is 1020. The van der Waals surface area contributed by atoms with Gasteiger partial charge in [0.25, 0.3) is 17.9 Å². The van der Waals surface area contributed by atoms with Crippen LogP contribution in [0.5, 0.6) is 0 Å². The van der Waals surface area contributed by atoms with Crippen molar-refractivity contribution in [3.8, 4) is 12.0 Å². The number of alkyl halides is 2. The second-order valence-electron chi connectivity index (χ2n) is 6.01. The highest BCUT2D eigenvalue weighted by Gasteiger charge is 2.16. The Morgan fingerprint density at radius 3 is 2.76 bits per heavy atom. The van der Waals surface area contributed by atoms with Crippen LogP contribution in [0.4, 0.5) is 18.9 Å². The van der Waals surface area contributed by atoms with E-state index in [9.17, 15) is 22.8 Å². The van der Waals surface area contributed by atoms with E-state index >= 15 is 0 Å². The number of ether oxygens (including phenoxy) is 1. The van der Waals surface area contributed by atoms with Crippen LogP contribution in [0, 0.1) is 17.8 Å². The first kappa shape index (κ1) is 21.2. The van der Waals surface area contributed by atoms with E-state index in [4.69, 9.17) is 16.3 Å². The highest BCUT2D eigenvalue weighted by Crippen LogP contribution is 2.27. The van der Waals surface area contributed by atoms with Gasteiger partial charge >= 0.3 is 0 Å². The third kappa shape index (κ3) is 5.53. The zero-order chi connectivity index (χ0) is 21.0. The molecule has 11 heteroatoms. The number of carbonyl (C=O) groups excluding carboxylic acids is 1. The van der Waals surface area contributed by atoms with E-state index in [1.165, 1.54) is 6.07 Å². The monoisotopic (exact) mass is 445 g/mol. The van der Waals surface area contributed by atoms with Crippen molar-refractivity contribution in [1.82, 2.24) is 9.47 Å². The topological polar surface area (TPSA) is 63.6 Å². The fraction of sp³-hybridized carbons (Fsp3) is 0.333. The smallest absolute Gasteiger partial charge is 0.286 e. The molecule has 0 unspecified atom stereocenters. The Labute approximate surface area is 172 Å². The van der Waals surface area contributed by atoms with E-state index < -0.39 is 30.3 Å². The lowest BCUT2D eigenvalue weighted by atomic mass is 10.3. The maximum absolute atomic E-state index is 13.7. The Hall–Kier alpha value is -2.48. The number of hydrogen-bond acceptors (Lipinski definition) is 5. The first-order valence-corrected chi connectivity index (χ1v) is 9.66. The molecule has 0 saturated carbocycles. The van der Waals surface area contributed by atoms with Gasteiger partial charge < -0.3 is 19.5 Å². The number of hydrogen-bond donors (Lipinski definition) is 1. The van der Waals surface area contributed by atoms with Crippen LogP contribution < -0.4 is 10.9 Å². The summed E-state index contributed by atoms with van der Waals surface area (Å²) < 4.78 is 44.8. The summed E-state index contributed by atoms with van der Waals surface area (Å²) in [5, 5.41) is 2.38. The second-order valence-corrected chi connectivity index (χ2v) is 7.67. The molecule has 1 N–H and O–H groups in total. The minimum Gasteiger partial charge on any atom is -0.378 e. The van der Waals surface area contributed by atoms with Gasteiger partial charge in [0, 0.05) is 31.4 Å². The molecule has 3 rings (SSSR count). The number of amides is 1. The zero-order valence-electron chi connectivity index (χ0n) is 14.9. The summed E-state index contributed by atoms with van der Waals surface area (Å²) in [5.74, 6) is 1.03. The molecule has 0 bridgehead atoms. The quantitative estimate of drug-likeness (QED) is 0.735. The number of aromatic nitrogens is 1. The number of rotatable bonds is 4. The number of morpholine rings is 1. The van der Waals surface area contributed by atoms with Crippen molar-refractivity contribution in [2.24, 2.45) is 0 Å². The van der Waals surface area contributed by atoms with Crippen LogP contribution in [0.1, 0.15) is 15.2 Å². The summed E-state index contributed by atoms with van der Waals surface area (Å²) in [6, 6.07) is 5.22. The molecule has 1 saturated heterocycles. The van der Waals surface area contributed by atoms with E-state index in [0.29, 0.717) is 40.8 Å². The van der Waals surface area contributed by atoms with E-state index in [1.54, 1.807) is 0 Å². The standard InChI is InChI=1S/C18H15ClF3N3O3S/c19-16-11(1-2-24-3-5-28-6-4-24)7-14(29-16)17(26)23-12-8-13(20)18(27)25(9-12)10-15(21)22/h7-9,15H,3-6,10H2,(H,23,26). The molecule has 1 fully saturated rings. The number of halogens is 4. The maximum Gasteiger partial charge on any atom is 0.286 e. The number of thiophene rings is 1. The van der Waals surface area contributed by atoms with Crippen LogP contribution in [0.15, 0.2) is 23.1 Å². The van der Waals surface area contributed by atoms with Crippen molar-refractivity contribution < 1.29 is 22.7 Å². The molecule has 29 heavy (non-hydrogen) atoms. The van der Waals surface area contributed by atoms with E-state index in [1.807, 2.05) is 4.90 Å². The number of nitrogens with one attached hydrogen (secondary N) is 1. The molecule has 0 aromatic carbocycles. The molecule has 1 aliphatic heterocycles. The molecule has 0 radical (unpaired) electrons. The zero-order valence-corrected chi connectivity index (χ0v) is 16.5. The van der Waals surface area contributed by atoms with Gasteiger partial charge in [0.05, 0.1) is 35.9 Å². The Balaban J connectivity index is 1.75. The average molecular weight is 446 g/mol. The number of nitrogens with zero attached hydrogens (tertiary/aromatic N) is 2. The van der Waals surface area contributed by atoms with Crippen molar-refractivity contribution in [3.63, 3.8) is 0 Å². The minimum atomic E-state index is -2.85. The summed E-state index contributed by atoms with van der Waals surface area (Å²) >= 11 is 7.12. The molecule has 3 heterocycles. The van der Waals surface area contributed by atoms with Crippen LogP contribution in [0.2, 0.25) is 4.34 Å². The number of anilines is 1. The van der Waals surface area contributed by atoms with Gasteiger partial charge in [-0.05, 0) is 12.0 Å². The number of carbonyl (C=O) groups is 1. The SMILES string of the molecule is O=C(Nc1cc(F)c(=O)n(CC(F)F)c1)c1cc(C#CN2CCOCC2)c(Cl)s1. The molecule has 0 aliphatic carbocycles. The van der Waals surface area contributed by atoms with Crippen LogP contribution >= 0.6 is 22.9 Å². The molecular formula is C18H15ClF3N3O3S. The average Bonchev–Trinajstić information content (AvgIpc) is 3.05. The molecule has 0 atom stereocenters. The third-order valence-electron chi connectivity index (χ3n) is 3.91. The Morgan fingerprint density at radius 1 is 1.34 bits per heavy atom. The third-order valence-corrected chi connectivity index (χ3v) is 5.26. The second kappa shape index (κ2) is 9.35. The van der Waals surface area contributed by atoms with Gasteiger partial charge in [-0.3, -0.25) is 9.59 Å². The largest absolute Gasteiger partial charge is 0.378 e. The van der Waals surface area contributed by atoms with Crippen molar-refractivity contribution in [2.75, 3.05) is 31.6 Å². The first-order valence-electron chi connectivity index (χ1n) is 8.46. The lowest BCUT2D eigenvalue weighted by Crippen LogP contribution is -2.32. The summed E-state index contributed by atoms with van der Waals surface area (Å²) in [4.78, 5) is 26.1. The predicted molar refractivity (Wildman–Crippen MR) is 103 cm³/mol. The van der Waals surface area contributed by atoms with E-state index in [-0.39, 0.29) is 10.6 Å². The van der Waals surface area contributed by atoms with Gasteiger partial charge in [0.2, 0.25) is 0 Å². The molecule has 1 amide bonds. The van der Waals surface area contributed by atoms with Gasteiger partial charge in [-0.1, -0.05) is 11.6 Å². The highest BCUT2D eigenvalue weighted by atomic mass is 35.5. The lowest BCUT2D eigenvalue weighted by molar-refractivity contribution is 0.0638. The fourth-order valence-corrected chi connectivity index (χ4v) is 3.61. The molecule has 1 aliphatic rings. The van der Waals surface area contributed by atoms with Gasteiger partial charge in [-0.2, -0.15) is 0 Å². The van der Waals surface area contributed by atoms with Crippen LogP contribution in [0.25, 0.3) is 0 Å². The van der Waals surface area contributed by atoms with Crippen molar-refractivity contribution >= 4 is 34.5 Å². The van der Waals surface area contributed by atoms with Crippen LogP contribution in [-0.2, 0) is 11.3 Å². The summed E-state index contributed by atoms with van der Waals surface area (Å²) in [6.45, 7) is 1.53. The maximum atomic E-state index is 13.7. The molecular weight excluding hydrogens is 431 g/mol. The summed E-state index contributed by atoms with van der Waals surface area (Å²) in [5.41, 5.74) is -0.858. The van der Waals surface area contributed by atoms with Crippen molar-refractivity contribution in [2.45, 2.75) is 13.0 Å². The highest BCUT2D eigenvalue weighted by molar-refractivity contribution is 7.18. The minimum absolute atomic E-state index is 0.127. The van der Waals surface area contributed by atoms with Crippen molar-refractivity contribution in [3.05, 3.63) is 49.3 Å². The van der Waals surface area contributed by atoms with E-state index in [2.05, 4.69) is 17.3 Å². The Morgan fingerprint density at radius 2 is 2.07 bits per heavy atom. The molecule has 2 aromatic heterocycles. The summed E-state index contributed by atoms with van der Waals surface area (Å²) in [7, 11) is 0. The predicted octanol–water partition coefficient (Wildman–Crippen LogP) is 2.86. The molecule has 0 spiro atoms. The molecule has 154 valence electrons. The fourth-order valence-electron chi connectivity index (χ4n) is 2.52. The van der Waals surface area contributed by atoms with Crippen LogP contribution in [-0.4, -0.2) is 48.1 Å². The van der Waals surface area contributed by atoms with Gasteiger partial charge in [-0.25, -0.2) is 13.2 Å². The molecule has 6 nitrogen and oxygen atoms in total.